The van der Waals surface area contributed by atoms with Gasteiger partial charge in [0.25, 0.3) is 5.71 Å². The van der Waals surface area contributed by atoms with E-state index in [0.717, 1.165) is 5.56 Å². The van der Waals surface area contributed by atoms with Crippen LogP contribution in [0.15, 0.2) is 64.3 Å². The highest BCUT2D eigenvalue weighted by Crippen LogP contribution is 2.27. The Morgan fingerprint density at radius 3 is 2.43 bits per heavy atom. The Morgan fingerprint density at radius 2 is 1.80 bits per heavy atom. The Morgan fingerprint density at radius 1 is 1.13 bits per heavy atom. The Balaban J connectivity index is 1.71. The van der Waals surface area contributed by atoms with E-state index in [0.29, 0.717) is 17.0 Å². The molecule has 0 unspecified atom stereocenters. The number of carbonyl (C=O) groups excluding carboxylic acids is 2. The fourth-order valence-corrected chi connectivity index (χ4v) is 2.39. The van der Waals surface area contributed by atoms with Crippen molar-refractivity contribution in [1.29, 1.82) is 5.26 Å². The minimum Gasteiger partial charge on any atom is -0.508 e. The topological polar surface area (TPSA) is 135 Å². The molecule has 0 fully saturated rings. The molecule has 0 atom stereocenters. The third kappa shape index (κ3) is 4.69. The number of carbonyl (C=O) groups is 2. The number of ether oxygens (including phenoxy) is 1. The van der Waals surface area contributed by atoms with Crippen LogP contribution in [-0.4, -0.2) is 34.5 Å². The molecule has 0 aliphatic rings. The number of esters is 1. The second-order valence-corrected chi connectivity index (χ2v) is 5.85. The molecule has 0 aliphatic heterocycles. The largest absolute Gasteiger partial charge is 0.508 e. The summed E-state index contributed by atoms with van der Waals surface area (Å²) < 4.78 is 9.95. The van der Waals surface area contributed by atoms with Gasteiger partial charge in [0.1, 0.15) is 17.5 Å². The van der Waals surface area contributed by atoms with E-state index >= 15 is 0 Å². The summed E-state index contributed by atoms with van der Waals surface area (Å²) >= 11 is 0. The van der Waals surface area contributed by atoms with Gasteiger partial charge in [-0.05, 0) is 43.3 Å². The van der Waals surface area contributed by atoms with Crippen LogP contribution in [0, 0.1) is 11.3 Å². The maximum absolute atomic E-state index is 12.1. The minimum atomic E-state index is -0.974. The molecule has 1 aromatic heterocycles. The molecule has 150 valence electrons. The maximum atomic E-state index is 12.1. The van der Waals surface area contributed by atoms with Crippen molar-refractivity contribution in [3.63, 3.8) is 0 Å². The average molecular weight is 405 g/mol. The van der Waals surface area contributed by atoms with Gasteiger partial charge in [-0.3, -0.25) is 0 Å². The summed E-state index contributed by atoms with van der Waals surface area (Å²) in [4.78, 5) is 28.2. The number of phenolic OH excluding ortho intramolecular Hbond substituents is 1. The summed E-state index contributed by atoms with van der Waals surface area (Å²) in [5.41, 5.74) is 1.48. The molecule has 0 saturated heterocycles. The van der Waals surface area contributed by atoms with E-state index in [1.165, 1.54) is 18.2 Å². The van der Waals surface area contributed by atoms with E-state index in [9.17, 15) is 14.7 Å². The molecule has 0 bridgehead atoms. The van der Waals surface area contributed by atoms with Crippen molar-refractivity contribution in [3.8, 4) is 34.4 Å². The van der Waals surface area contributed by atoms with Gasteiger partial charge in [0, 0.05) is 17.2 Å². The number of benzene rings is 2. The molecule has 30 heavy (non-hydrogen) atoms. The van der Waals surface area contributed by atoms with Crippen molar-refractivity contribution in [2.75, 3.05) is 6.61 Å². The summed E-state index contributed by atoms with van der Waals surface area (Å²) in [5.74, 6) is -1.15. The summed E-state index contributed by atoms with van der Waals surface area (Å²) in [5, 5.41) is 25.5. The highest BCUT2D eigenvalue weighted by Gasteiger charge is 2.15. The lowest BCUT2D eigenvalue weighted by atomic mass is 10.1. The molecule has 1 heterocycles. The molecule has 0 radical (unpaired) electrons. The Hall–Kier alpha value is -4.45. The highest BCUT2D eigenvalue weighted by molar-refractivity contribution is 6.42. The van der Waals surface area contributed by atoms with Gasteiger partial charge in [0.2, 0.25) is 0 Å². The van der Waals surface area contributed by atoms with E-state index in [-0.39, 0.29) is 17.9 Å². The first-order valence-electron chi connectivity index (χ1n) is 8.75. The number of hydrogen-bond acceptors (Lipinski definition) is 9. The van der Waals surface area contributed by atoms with Gasteiger partial charge in [0.15, 0.2) is 5.76 Å². The monoisotopic (exact) mass is 405 g/mol. The third-order valence-electron chi connectivity index (χ3n) is 3.87. The molecule has 0 spiro atoms. The predicted octanol–water partition coefficient (Wildman–Crippen LogP) is 3.31. The molecule has 2 aromatic carbocycles. The number of nitriles is 1. The van der Waals surface area contributed by atoms with Crippen LogP contribution in [0.2, 0.25) is 0 Å². The van der Waals surface area contributed by atoms with E-state index in [1.54, 1.807) is 49.4 Å². The van der Waals surface area contributed by atoms with Gasteiger partial charge in [-0.1, -0.05) is 22.4 Å². The van der Waals surface area contributed by atoms with Crippen molar-refractivity contribution >= 4 is 17.7 Å². The van der Waals surface area contributed by atoms with Crippen LogP contribution < -0.4 is 0 Å². The highest BCUT2D eigenvalue weighted by atomic mass is 16.7. The molecule has 9 heteroatoms. The van der Waals surface area contributed by atoms with Crippen LogP contribution in [0.1, 0.15) is 17.3 Å². The van der Waals surface area contributed by atoms with Crippen molar-refractivity contribution in [1.82, 2.24) is 5.16 Å². The molecule has 0 saturated carbocycles. The van der Waals surface area contributed by atoms with E-state index in [2.05, 4.69) is 19.9 Å². The molecule has 3 aromatic rings. The average Bonchev–Trinajstić information content (AvgIpc) is 3.25. The van der Waals surface area contributed by atoms with Crippen LogP contribution in [0.25, 0.3) is 22.6 Å². The first kappa shape index (κ1) is 20.3. The lowest BCUT2D eigenvalue weighted by molar-refractivity contribution is -0.135. The molecule has 9 nitrogen and oxygen atoms in total. The number of aromatic hydroxyl groups is 1. The quantitative estimate of drug-likeness (QED) is 0.286. The van der Waals surface area contributed by atoms with E-state index < -0.39 is 17.7 Å². The zero-order chi connectivity index (χ0) is 21.5. The van der Waals surface area contributed by atoms with Crippen LogP contribution in [0.3, 0.4) is 0 Å². The first-order valence-corrected chi connectivity index (χ1v) is 8.75. The van der Waals surface area contributed by atoms with E-state index in [1.807, 2.05) is 0 Å². The standard InChI is InChI=1S/C21H15N3O6/c1-2-28-21(27)18(12-22)24-30-20(26)15-5-3-13(4-6-15)17-11-19(29-23-17)14-7-9-16(25)10-8-14/h3-11,25H,2H2,1H3/b24-18+. The first-order chi connectivity index (χ1) is 14.5. The van der Waals surface area contributed by atoms with Crippen LogP contribution in [0.5, 0.6) is 5.75 Å². The Kier molecular flexibility index (Phi) is 6.20. The molecular weight excluding hydrogens is 390 g/mol. The van der Waals surface area contributed by atoms with Gasteiger partial charge in [-0.15, -0.1) is 0 Å². The molecule has 0 amide bonds. The fraction of sp³-hybridized carbons (Fsp3) is 0.0952. The van der Waals surface area contributed by atoms with E-state index in [4.69, 9.17) is 9.78 Å². The number of nitrogens with zero attached hydrogens (tertiary/aromatic N) is 3. The third-order valence-corrected chi connectivity index (χ3v) is 3.87. The number of rotatable bonds is 6. The van der Waals surface area contributed by atoms with Gasteiger partial charge in [-0.25, -0.2) is 9.59 Å². The van der Waals surface area contributed by atoms with Crippen molar-refractivity contribution in [2.45, 2.75) is 6.92 Å². The number of oxime groups is 1. The summed E-state index contributed by atoms with van der Waals surface area (Å²) in [6.45, 7) is 1.63. The summed E-state index contributed by atoms with van der Waals surface area (Å²) in [6, 6.07) is 16.0. The summed E-state index contributed by atoms with van der Waals surface area (Å²) in [7, 11) is 0. The number of aromatic nitrogens is 1. The fourth-order valence-electron chi connectivity index (χ4n) is 2.39. The van der Waals surface area contributed by atoms with Gasteiger partial charge >= 0.3 is 11.9 Å². The Labute approximate surface area is 170 Å². The second-order valence-electron chi connectivity index (χ2n) is 5.85. The normalized spacial score (nSPS) is 10.9. The Bertz CT molecular complexity index is 1120. The van der Waals surface area contributed by atoms with Crippen LogP contribution >= 0.6 is 0 Å². The van der Waals surface area contributed by atoms with Gasteiger partial charge < -0.3 is 19.2 Å². The van der Waals surface area contributed by atoms with Crippen LogP contribution in [-0.2, 0) is 14.4 Å². The zero-order valence-corrected chi connectivity index (χ0v) is 15.7. The van der Waals surface area contributed by atoms with Gasteiger partial charge in [0.05, 0.1) is 12.2 Å². The maximum Gasteiger partial charge on any atom is 0.371 e. The zero-order valence-electron chi connectivity index (χ0n) is 15.7. The van der Waals surface area contributed by atoms with Gasteiger partial charge in [-0.2, -0.15) is 5.26 Å². The second kappa shape index (κ2) is 9.16. The van der Waals surface area contributed by atoms with Crippen LogP contribution in [0.4, 0.5) is 0 Å². The summed E-state index contributed by atoms with van der Waals surface area (Å²) in [6.07, 6.45) is 0. The lowest BCUT2D eigenvalue weighted by Gasteiger charge is -2.01. The molecule has 0 aliphatic carbocycles. The molecular formula is C21H15N3O6. The molecule has 3 rings (SSSR count). The van der Waals surface area contributed by atoms with Crippen molar-refractivity contribution in [2.24, 2.45) is 5.16 Å². The number of hydrogen-bond donors (Lipinski definition) is 1. The number of phenols is 1. The lowest BCUT2D eigenvalue weighted by Crippen LogP contribution is -2.17. The minimum absolute atomic E-state index is 0.0610. The SMILES string of the molecule is CCOC(=O)/C(C#N)=N/OC(=O)c1ccc(-c2cc(-c3ccc(O)cc3)on2)cc1. The van der Waals surface area contributed by atoms with Crippen molar-refractivity contribution in [3.05, 3.63) is 60.2 Å². The molecule has 1 N–H and O–H groups in total. The smallest absolute Gasteiger partial charge is 0.371 e. The predicted molar refractivity (Wildman–Crippen MR) is 104 cm³/mol. The van der Waals surface area contributed by atoms with Crippen molar-refractivity contribution < 1.29 is 28.8 Å².